The van der Waals surface area contributed by atoms with Crippen molar-refractivity contribution in [3.63, 3.8) is 0 Å². The SMILES string of the molecule is [C-]#[N+]CCC#Cc1ccc(-c2c(CC)c(C(=O)NN3CCOCC3)nn2-c2ccc(Cl)cc2Cl)cc1. The van der Waals surface area contributed by atoms with Crippen LogP contribution >= 0.6 is 23.2 Å². The first-order valence-corrected chi connectivity index (χ1v) is 12.4. The Labute approximate surface area is 220 Å². The second-order valence-electron chi connectivity index (χ2n) is 8.09. The van der Waals surface area contributed by atoms with Gasteiger partial charge in [0.2, 0.25) is 6.54 Å². The Hall–Kier alpha value is -3.33. The zero-order chi connectivity index (χ0) is 25.5. The summed E-state index contributed by atoms with van der Waals surface area (Å²) in [5, 5.41) is 7.53. The van der Waals surface area contributed by atoms with Gasteiger partial charge in [0.05, 0.1) is 36.0 Å². The van der Waals surface area contributed by atoms with Gasteiger partial charge in [-0.05, 0) is 36.8 Å². The summed E-state index contributed by atoms with van der Waals surface area (Å²) in [4.78, 5) is 16.6. The molecule has 0 unspecified atom stereocenters. The van der Waals surface area contributed by atoms with Gasteiger partial charge in [-0.2, -0.15) is 5.10 Å². The molecule has 9 heteroatoms. The minimum atomic E-state index is -0.277. The van der Waals surface area contributed by atoms with Crippen molar-refractivity contribution < 1.29 is 9.53 Å². The zero-order valence-corrected chi connectivity index (χ0v) is 21.4. The maximum Gasteiger partial charge on any atom is 0.286 e. The molecule has 1 aliphatic heterocycles. The van der Waals surface area contributed by atoms with Gasteiger partial charge >= 0.3 is 0 Å². The van der Waals surface area contributed by atoms with E-state index in [4.69, 9.17) is 39.6 Å². The predicted molar refractivity (Wildman–Crippen MR) is 141 cm³/mol. The van der Waals surface area contributed by atoms with Crippen LogP contribution in [0.15, 0.2) is 42.5 Å². The van der Waals surface area contributed by atoms with E-state index in [1.54, 1.807) is 22.9 Å². The molecule has 0 radical (unpaired) electrons. The summed E-state index contributed by atoms with van der Waals surface area (Å²) in [6.45, 7) is 11.6. The normalized spacial score (nSPS) is 13.5. The number of nitrogens with one attached hydrogen (secondary N) is 1. The molecule has 0 saturated carbocycles. The molecule has 3 aromatic rings. The van der Waals surface area contributed by atoms with E-state index in [0.717, 1.165) is 22.4 Å². The third-order valence-corrected chi connectivity index (χ3v) is 6.24. The van der Waals surface area contributed by atoms with Crippen molar-refractivity contribution in [3.8, 4) is 28.8 Å². The minimum absolute atomic E-state index is 0.277. The molecule has 0 atom stereocenters. The number of benzene rings is 2. The van der Waals surface area contributed by atoms with Crippen LogP contribution < -0.4 is 5.43 Å². The topological polar surface area (TPSA) is 63.8 Å². The third kappa shape index (κ3) is 5.90. The Morgan fingerprint density at radius 2 is 1.94 bits per heavy atom. The van der Waals surface area contributed by atoms with Gasteiger partial charge in [-0.25, -0.2) is 16.3 Å². The van der Waals surface area contributed by atoms with Crippen LogP contribution in [0.2, 0.25) is 10.0 Å². The van der Waals surface area contributed by atoms with Gasteiger partial charge in [-0.1, -0.05) is 54.1 Å². The van der Waals surface area contributed by atoms with E-state index in [2.05, 4.69) is 22.1 Å². The third-order valence-electron chi connectivity index (χ3n) is 5.70. The van der Waals surface area contributed by atoms with Crippen LogP contribution in [0.1, 0.15) is 35.0 Å². The van der Waals surface area contributed by atoms with Crippen LogP contribution in [0.3, 0.4) is 0 Å². The Balaban J connectivity index is 1.77. The molecule has 0 aliphatic carbocycles. The van der Waals surface area contributed by atoms with Crippen molar-refractivity contribution in [1.82, 2.24) is 20.2 Å². The molecule has 184 valence electrons. The fraction of sp³-hybridized carbons (Fsp3) is 0.296. The summed E-state index contributed by atoms with van der Waals surface area (Å²) < 4.78 is 7.09. The van der Waals surface area contributed by atoms with E-state index in [9.17, 15) is 4.79 Å². The number of rotatable bonds is 6. The number of aromatic nitrogens is 2. The Morgan fingerprint density at radius 1 is 1.19 bits per heavy atom. The molecule has 1 fully saturated rings. The van der Waals surface area contributed by atoms with Crippen LogP contribution in [0.4, 0.5) is 0 Å². The number of ether oxygens (including phenoxy) is 1. The fourth-order valence-electron chi connectivity index (χ4n) is 3.95. The first-order chi connectivity index (χ1) is 17.5. The van der Waals surface area contributed by atoms with E-state index in [-0.39, 0.29) is 5.91 Å². The first kappa shape index (κ1) is 25.8. The summed E-state index contributed by atoms with van der Waals surface area (Å²) >= 11 is 12.7. The molecule has 1 aromatic heterocycles. The molecule has 4 rings (SSSR count). The molecule has 1 aliphatic rings. The van der Waals surface area contributed by atoms with Crippen molar-refractivity contribution in [3.05, 3.63) is 80.7 Å². The van der Waals surface area contributed by atoms with Crippen molar-refractivity contribution in [2.24, 2.45) is 0 Å². The van der Waals surface area contributed by atoms with Crippen molar-refractivity contribution in [2.45, 2.75) is 19.8 Å². The Morgan fingerprint density at radius 3 is 2.61 bits per heavy atom. The fourth-order valence-corrected chi connectivity index (χ4v) is 4.44. The molecule has 36 heavy (non-hydrogen) atoms. The van der Waals surface area contributed by atoms with Crippen LogP contribution in [0.25, 0.3) is 21.8 Å². The average Bonchev–Trinajstić information content (AvgIpc) is 3.27. The van der Waals surface area contributed by atoms with E-state index in [0.29, 0.717) is 67.1 Å². The van der Waals surface area contributed by atoms with Crippen LogP contribution in [0, 0.1) is 18.4 Å². The van der Waals surface area contributed by atoms with Gasteiger partial charge in [0.1, 0.15) is 0 Å². The standard InChI is InChI=1S/C27H25Cl2N5O2/c1-3-22-25(27(35)32-33-14-16-36-17-15-33)31-34(24-12-11-21(28)18-23(24)29)26(22)20-9-7-19(8-10-20)6-4-5-13-30-2/h7-12,18H,3,5,13-17H2,1H3,(H,32,35). The predicted octanol–water partition coefficient (Wildman–Crippen LogP) is 5.05. The number of halogens is 2. The highest BCUT2D eigenvalue weighted by Gasteiger charge is 2.26. The Kier molecular flexibility index (Phi) is 8.64. The second-order valence-corrected chi connectivity index (χ2v) is 8.93. The minimum Gasteiger partial charge on any atom is -0.379 e. The summed E-state index contributed by atoms with van der Waals surface area (Å²) in [6, 6.07) is 13.0. The van der Waals surface area contributed by atoms with Gasteiger partial charge in [0.25, 0.3) is 5.91 Å². The highest BCUT2D eigenvalue weighted by Crippen LogP contribution is 2.33. The van der Waals surface area contributed by atoms with Crippen molar-refractivity contribution >= 4 is 29.1 Å². The molecule has 0 bridgehead atoms. The monoisotopic (exact) mass is 521 g/mol. The number of nitrogens with zero attached hydrogens (tertiary/aromatic N) is 4. The number of morpholine rings is 1. The number of carbonyl (C=O) groups excluding carboxylic acids is 1. The number of amides is 1. The quantitative estimate of drug-likeness (QED) is 0.280. The smallest absolute Gasteiger partial charge is 0.286 e. The zero-order valence-electron chi connectivity index (χ0n) is 19.9. The van der Waals surface area contributed by atoms with E-state index >= 15 is 0 Å². The number of carbonyl (C=O) groups is 1. The largest absolute Gasteiger partial charge is 0.379 e. The average molecular weight is 522 g/mol. The molecule has 0 spiro atoms. The van der Waals surface area contributed by atoms with Crippen LogP contribution in [-0.4, -0.2) is 53.5 Å². The van der Waals surface area contributed by atoms with Crippen molar-refractivity contribution in [1.29, 1.82) is 0 Å². The molecule has 2 aromatic carbocycles. The van der Waals surface area contributed by atoms with Crippen LogP contribution in [-0.2, 0) is 11.2 Å². The first-order valence-electron chi connectivity index (χ1n) is 11.6. The van der Waals surface area contributed by atoms with Gasteiger partial charge in [-0.15, -0.1) is 0 Å². The molecular formula is C27H25Cl2N5O2. The Bertz CT molecular complexity index is 1340. The van der Waals surface area contributed by atoms with E-state index < -0.39 is 0 Å². The number of hydrogen-bond acceptors (Lipinski definition) is 4. The van der Waals surface area contributed by atoms with Gasteiger partial charge in [-0.3, -0.25) is 10.2 Å². The van der Waals surface area contributed by atoms with Crippen molar-refractivity contribution in [2.75, 3.05) is 32.8 Å². The summed E-state index contributed by atoms with van der Waals surface area (Å²) in [5.41, 5.74) is 7.24. The highest BCUT2D eigenvalue weighted by molar-refractivity contribution is 6.35. The molecule has 7 nitrogen and oxygen atoms in total. The molecule has 1 N–H and O–H groups in total. The lowest BCUT2D eigenvalue weighted by molar-refractivity contribution is 0.0124. The summed E-state index contributed by atoms with van der Waals surface area (Å²) in [5.74, 6) is 5.82. The molecule has 1 saturated heterocycles. The lowest BCUT2D eigenvalue weighted by Gasteiger charge is -2.26. The number of hydrogen-bond donors (Lipinski definition) is 1. The van der Waals surface area contributed by atoms with Gasteiger partial charge in [0.15, 0.2) is 5.69 Å². The van der Waals surface area contributed by atoms with E-state index in [1.165, 1.54) is 0 Å². The lowest BCUT2D eigenvalue weighted by atomic mass is 10.0. The van der Waals surface area contributed by atoms with Gasteiger partial charge in [0, 0.05) is 34.8 Å². The van der Waals surface area contributed by atoms with Crippen LogP contribution in [0.5, 0.6) is 0 Å². The molecule has 1 amide bonds. The highest BCUT2D eigenvalue weighted by atomic mass is 35.5. The summed E-state index contributed by atoms with van der Waals surface area (Å²) in [7, 11) is 0. The maximum atomic E-state index is 13.3. The lowest BCUT2D eigenvalue weighted by Crippen LogP contribution is -2.48. The second kappa shape index (κ2) is 12.1. The van der Waals surface area contributed by atoms with Gasteiger partial charge < -0.3 is 9.58 Å². The number of hydrazine groups is 1. The molecular weight excluding hydrogens is 497 g/mol. The molecule has 2 heterocycles. The maximum absolute atomic E-state index is 13.3. The van der Waals surface area contributed by atoms with E-state index in [1.807, 2.05) is 36.2 Å². The summed E-state index contributed by atoms with van der Waals surface area (Å²) in [6.07, 6.45) is 1.12.